The molecular formula is C50H45N5O6. The largest absolute Gasteiger partial charge is 0.480 e. The van der Waals surface area contributed by atoms with Crippen LogP contribution in [-0.4, -0.2) is 54.3 Å². The topological polar surface area (TPSA) is 153 Å². The van der Waals surface area contributed by atoms with Crippen LogP contribution in [0.15, 0.2) is 158 Å². The third-order valence-corrected chi connectivity index (χ3v) is 10.4. The van der Waals surface area contributed by atoms with Crippen LogP contribution in [0.2, 0.25) is 0 Å². The van der Waals surface area contributed by atoms with Gasteiger partial charge in [0.25, 0.3) is 17.7 Å². The lowest BCUT2D eigenvalue weighted by Crippen LogP contribution is -2.35. The maximum absolute atomic E-state index is 14.5. The van der Waals surface area contributed by atoms with Crippen molar-refractivity contribution in [2.45, 2.75) is 26.4 Å². The quantitative estimate of drug-likeness (QED) is 0.0944. The van der Waals surface area contributed by atoms with E-state index in [4.69, 9.17) is 10.8 Å². The van der Waals surface area contributed by atoms with Crippen molar-refractivity contribution in [1.82, 2.24) is 5.32 Å². The number of hydrogen-bond donors (Lipinski definition) is 3. The molecule has 7 aromatic rings. The van der Waals surface area contributed by atoms with Gasteiger partial charge < -0.3 is 30.9 Å². The molecule has 0 unspecified atom stereocenters. The van der Waals surface area contributed by atoms with Crippen molar-refractivity contribution >= 4 is 68.2 Å². The number of carbonyl (C=O) groups excluding carboxylic acids is 4. The highest BCUT2D eigenvalue weighted by Crippen LogP contribution is 2.27. The number of anilines is 3. The summed E-state index contributed by atoms with van der Waals surface area (Å²) in [6.07, 6.45) is 0.666. The Balaban J connectivity index is 1.15. The first-order valence-corrected chi connectivity index (χ1v) is 20.0. The molecular weight excluding hydrogens is 767 g/mol. The zero-order valence-electron chi connectivity index (χ0n) is 33.7. The molecule has 0 saturated heterocycles. The molecule has 7 aromatic carbocycles. The van der Waals surface area contributed by atoms with E-state index in [1.54, 1.807) is 87.5 Å². The number of nitrogens with zero attached hydrogens (tertiary/aromatic N) is 3. The number of carbonyl (C=O) groups is 5. The van der Waals surface area contributed by atoms with Crippen LogP contribution < -0.4 is 25.8 Å². The molecule has 306 valence electrons. The van der Waals surface area contributed by atoms with E-state index in [-0.39, 0.29) is 36.4 Å². The second-order valence-corrected chi connectivity index (χ2v) is 14.6. The number of rotatable bonds is 15. The van der Waals surface area contributed by atoms with Gasteiger partial charge in [0.05, 0.1) is 19.6 Å². The molecule has 61 heavy (non-hydrogen) atoms. The maximum Gasteiger partial charge on any atom is 0.322 e. The van der Waals surface area contributed by atoms with Gasteiger partial charge in [-0.05, 0) is 124 Å². The fourth-order valence-electron chi connectivity index (χ4n) is 7.26. The third-order valence-electron chi connectivity index (χ3n) is 10.4. The summed E-state index contributed by atoms with van der Waals surface area (Å²) in [5, 5.41) is 15.5. The fourth-order valence-corrected chi connectivity index (χ4v) is 7.26. The predicted octanol–water partition coefficient (Wildman–Crippen LogP) is 8.20. The average molecular weight is 812 g/mol. The SMILES string of the molecule is CCCN(C(=O)c1ccc(N(Cc2ccc3ccccc3c2)C(=O)c2ccc(N(Cc3ccc4ccccc4c3)C(=O)CN)cc2)cc1)c1ccc(C(=O)NCC(=O)O)cc1. The van der Waals surface area contributed by atoms with E-state index in [1.807, 2.05) is 79.7 Å². The molecule has 0 aliphatic heterocycles. The smallest absolute Gasteiger partial charge is 0.322 e. The van der Waals surface area contributed by atoms with Crippen LogP contribution in [0.5, 0.6) is 0 Å². The number of carboxylic acid groups (broad SMARTS) is 1. The number of amides is 4. The van der Waals surface area contributed by atoms with Gasteiger partial charge in [0.1, 0.15) is 6.54 Å². The molecule has 0 bridgehead atoms. The number of aliphatic carboxylic acids is 1. The van der Waals surface area contributed by atoms with Gasteiger partial charge in [0.2, 0.25) is 5.91 Å². The van der Waals surface area contributed by atoms with Gasteiger partial charge in [-0.2, -0.15) is 0 Å². The lowest BCUT2D eigenvalue weighted by Gasteiger charge is -2.26. The Bertz CT molecular complexity index is 2720. The molecule has 11 nitrogen and oxygen atoms in total. The van der Waals surface area contributed by atoms with E-state index >= 15 is 0 Å². The number of nitrogens with one attached hydrogen (secondary N) is 1. The normalized spacial score (nSPS) is 10.9. The molecule has 0 aliphatic carbocycles. The highest BCUT2D eigenvalue weighted by molar-refractivity contribution is 6.09. The number of benzene rings is 7. The molecule has 0 atom stereocenters. The Kier molecular flexibility index (Phi) is 12.9. The first-order chi connectivity index (χ1) is 29.6. The summed E-state index contributed by atoms with van der Waals surface area (Å²) >= 11 is 0. The summed E-state index contributed by atoms with van der Waals surface area (Å²) in [4.78, 5) is 69.9. The lowest BCUT2D eigenvalue weighted by atomic mass is 10.0. The minimum Gasteiger partial charge on any atom is -0.480 e. The molecule has 0 heterocycles. The first kappa shape index (κ1) is 41.5. The zero-order valence-corrected chi connectivity index (χ0v) is 33.7. The van der Waals surface area contributed by atoms with Crippen molar-refractivity contribution in [1.29, 1.82) is 0 Å². The Morgan fingerprint density at radius 1 is 0.525 bits per heavy atom. The van der Waals surface area contributed by atoms with Crippen molar-refractivity contribution in [2.24, 2.45) is 5.73 Å². The minimum absolute atomic E-state index is 0.177. The Hall–Kier alpha value is -7.63. The molecule has 0 saturated carbocycles. The summed E-state index contributed by atoms with van der Waals surface area (Å²) in [7, 11) is 0. The van der Waals surface area contributed by atoms with E-state index in [9.17, 15) is 24.0 Å². The standard InChI is InChI=1S/C50H45N5O6/c1-2-27-53(43-21-15-38(16-22-43)48(59)52-31-47(57)58)49(60)39-19-25-45(26-20-39)55(33-35-12-14-37-8-4-6-10-42(37)29-35)50(61)40-17-23-44(24-18-40)54(46(56)30-51)32-34-11-13-36-7-3-5-9-41(36)28-34/h3-26,28-29H,2,27,30-33,51H2,1H3,(H,52,59)(H,57,58). The van der Waals surface area contributed by atoms with Crippen LogP contribution >= 0.6 is 0 Å². The Morgan fingerprint density at radius 2 is 0.951 bits per heavy atom. The van der Waals surface area contributed by atoms with Gasteiger partial charge in [-0.3, -0.25) is 24.0 Å². The van der Waals surface area contributed by atoms with Crippen LogP contribution in [0.25, 0.3) is 21.5 Å². The molecule has 0 aromatic heterocycles. The van der Waals surface area contributed by atoms with Gasteiger partial charge in [0, 0.05) is 40.3 Å². The highest BCUT2D eigenvalue weighted by atomic mass is 16.4. The Morgan fingerprint density at radius 3 is 1.43 bits per heavy atom. The van der Waals surface area contributed by atoms with Crippen LogP contribution in [0.1, 0.15) is 55.5 Å². The summed E-state index contributed by atoms with van der Waals surface area (Å²) in [5.41, 5.74) is 10.6. The van der Waals surface area contributed by atoms with E-state index in [0.29, 0.717) is 47.7 Å². The molecule has 4 N–H and O–H groups in total. The van der Waals surface area contributed by atoms with Crippen molar-refractivity contribution in [3.63, 3.8) is 0 Å². The summed E-state index contributed by atoms with van der Waals surface area (Å²) in [6.45, 7) is 2.23. The highest BCUT2D eigenvalue weighted by Gasteiger charge is 2.23. The maximum atomic E-state index is 14.5. The molecule has 0 fully saturated rings. The van der Waals surface area contributed by atoms with E-state index in [1.165, 1.54) is 0 Å². The van der Waals surface area contributed by atoms with Gasteiger partial charge in [-0.1, -0.05) is 79.7 Å². The second kappa shape index (κ2) is 19.0. The van der Waals surface area contributed by atoms with Gasteiger partial charge in [0.15, 0.2) is 0 Å². The van der Waals surface area contributed by atoms with Crippen molar-refractivity contribution in [3.05, 3.63) is 186 Å². The van der Waals surface area contributed by atoms with Gasteiger partial charge in [-0.25, -0.2) is 0 Å². The van der Waals surface area contributed by atoms with Crippen molar-refractivity contribution in [2.75, 3.05) is 34.3 Å². The summed E-state index contributed by atoms with van der Waals surface area (Å²) in [6, 6.07) is 48.5. The molecule has 7 rings (SSSR count). The molecule has 0 spiro atoms. The molecule has 11 heteroatoms. The average Bonchev–Trinajstić information content (AvgIpc) is 3.30. The number of carboxylic acids is 1. The van der Waals surface area contributed by atoms with E-state index in [2.05, 4.69) is 17.4 Å². The lowest BCUT2D eigenvalue weighted by molar-refractivity contribution is -0.135. The Labute approximate surface area is 353 Å². The number of nitrogens with two attached hydrogens (primary N) is 1. The monoisotopic (exact) mass is 811 g/mol. The van der Waals surface area contributed by atoms with E-state index < -0.39 is 18.4 Å². The number of hydrogen-bond acceptors (Lipinski definition) is 6. The van der Waals surface area contributed by atoms with E-state index in [0.717, 1.165) is 32.7 Å². The van der Waals surface area contributed by atoms with Crippen LogP contribution in [0, 0.1) is 0 Å². The van der Waals surface area contributed by atoms with Gasteiger partial charge >= 0.3 is 5.97 Å². The van der Waals surface area contributed by atoms with Crippen LogP contribution in [0.4, 0.5) is 17.1 Å². The molecule has 0 aliphatic rings. The van der Waals surface area contributed by atoms with Crippen molar-refractivity contribution < 1.29 is 29.1 Å². The fraction of sp³-hybridized carbons (Fsp3) is 0.140. The van der Waals surface area contributed by atoms with Crippen LogP contribution in [0.3, 0.4) is 0 Å². The summed E-state index contributed by atoms with van der Waals surface area (Å²) in [5.74, 6) is -2.47. The second-order valence-electron chi connectivity index (χ2n) is 14.6. The van der Waals surface area contributed by atoms with Crippen LogP contribution in [-0.2, 0) is 22.7 Å². The third kappa shape index (κ3) is 9.81. The zero-order chi connectivity index (χ0) is 42.9. The molecule has 0 radical (unpaired) electrons. The predicted molar refractivity (Wildman–Crippen MR) is 240 cm³/mol. The molecule has 4 amide bonds. The van der Waals surface area contributed by atoms with Crippen molar-refractivity contribution in [3.8, 4) is 0 Å². The first-order valence-electron chi connectivity index (χ1n) is 20.0. The summed E-state index contributed by atoms with van der Waals surface area (Å²) < 4.78 is 0. The number of fused-ring (bicyclic) bond motifs is 2. The van der Waals surface area contributed by atoms with Gasteiger partial charge in [-0.15, -0.1) is 0 Å². The minimum atomic E-state index is -1.15.